The summed E-state index contributed by atoms with van der Waals surface area (Å²) in [5, 5.41) is 19.3. The maximum atomic E-state index is 13.3. The molecule has 0 spiro atoms. The van der Waals surface area contributed by atoms with Crippen LogP contribution in [0, 0.1) is 0 Å². The number of hydrogen-bond acceptors (Lipinski definition) is 12. The molecule has 0 aromatic heterocycles. The minimum atomic E-state index is -1.13. The predicted octanol–water partition coefficient (Wildman–Crippen LogP) is 20.9. The van der Waals surface area contributed by atoms with E-state index >= 15 is 0 Å². The molecule has 13 heteroatoms. The molecule has 90 heavy (non-hydrogen) atoms. The average Bonchev–Trinajstić information content (AvgIpc) is 3.66. The van der Waals surface area contributed by atoms with Crippen molar-refractivity contribution in [2.75, 3.05) is 0 Å². The molecule has 0 radical (unpaired) electrons. The number of carboxylic acids is 1. The highest BCUT2D eigenvalue weighted by molar-refractivity contribution is 5.94. The van der Waals surface area contributed by atoms with Gasteiger partial charge in [-0.2, -0.15) is 0 Å². The second-order valence-corrected chi connectivity index (χ2v) is 23.8. The molecular formula is C77H116O13. The van der Waals surface area contributed by atoms with Crippen LogP contribution in [0.15, 0.2) is 109 Å². The Labute approximate surface area is 542 Å². The summed E-state index contributed by atoms with van der Waals surface area (Å²) in [6, 6.07) is 19.7. The number of benzene rings is 3. The van der Waals surface area contributed by atoms with Crippen molar-refractivity contribution in [2.45, 2.75) is 303 Å². The lowest BCUT2D eigenvalue weighted by molar-refractivity contribution is -0.135. The molecule has 0 aliphatic rings. The van der Waals surface area contributed by atoms with Crippen molar-refractivity contribution >= 4 is 35.8 Å². The molecule has 0 bridgehead atoms. The Kier molecular flexibility index (Phi) is 48.2. The molecule has 0 saturated carbocycles. The first-order chi connectivity index (χ1) is 43.9. The summed E-state index contributed by atoms with van der Waals surface area (Å²) in [7, 11) is 0. The predicted molar refractivity (Wildman–Crippen MR) is 363 cm³/mol. The summed E-state index contributed by atoms with van der Waals surface area (Å²) in [6.07, 6.45) is 50.5. The number of unbranched alkanes of at least 4 members (excludes halogenated alkanes) is 24. The van der Waals surface area contributed by atoms with Gasteiger partial charge in [0.15, 0.2) is 0 Å². The number of aliphatic hydroxyl groups excluding tert-OH is 1. The van der Waals surface area contributed by atoms with Crippen LogP contribution in [0.4, 0.5) is 0 Å². The number of carbonyl (C=O) groups excluding carboxylic acids is 5. The lowest BCUT2D eigenvalue weighted by Crippen LogP contribution is -2.19. The Morgan fingerprint density at radius 2 is 0.689 bits per heavy atom. The Bertz CT molecular complexity index is 2480. The van der Waals surface area contributed by atoms with Crippen molar-refractivity contribution in [3.05, 3.63) is 126 Å². The third kappa shape index (κ3) is 40.4. The number of hydrogen-bond donors (Lipinski definition) is 2. The van der Waals surface area contributed by atoms with Gasteiger partial charge in [-0.25, -0.2) is 14.4 Å². The molecule has 0 aliphatic carbocycles. The third-order valence-corrected chi connectivity index (χ3v) is 15.7. The topological polar surface area (TPSA) is 189 Å². The Morgan fingerprint density at radius 1 is 0.367 bits per heavy atom. The summed E-state index contributed by atoms with van der Waals surface area (Å²) in [5.74, 6) is -2.58. The van der Waals surface area contributed by atoms with Gasteiger partial charge in [-0.1, -0.05) is 236 Å². The third-order valence-electron chi connectivity index (χ3n) is 15.7. The van der Waals surface area contributed by atoms with Crippen LogP contribution in [0.3, 0.4) is 0 Å². The quantitative estimate of drug-likeness (QED) is 0.0235. The van der Waals surface area contributed by atoms with Crippen molar-refractivity contribution in [1.29, 1.82) is 0 Å². The minimum Gasteiger partial charge on any atom is -0.478 e. The van der Waals surface area contributed by atoms with E-state index in [2.05, 4.69) is 64.2 Å². The van der Waals surface area contributed by atoms with Crippen molar-refractivity contribution in [3.8, 4) is 17.2 Å². The van der Waals surface area contributed by atoms with E-state index in [4.69, 9.17) is 23.7 Å². The monoisotopic (exact) mass is 1250 g/mol. The van der Waals surface area contributed by atoms with Crippen LogP contribution in [-0.2, 0) is 23.9 Å². The highest BCUT2D eigenvalue weighted by Gasteiger charge is 2.22. The second kappa shape index (κ2) is 54.4. The zero-order chi connectivity index (χ0) is 65.5. The van der Waals surface area contributed by atoms with Gasteiger partial charge in [0.05, 0.1) is 6.10 Å². The van der Waals surface area contributed by atoms with Gasteiger partial charge in [-0.3, -0.25) is 14.4 Å². The number of carboxylic acid groups (broad SMARTS) is 1. The Morgan fingerprint density at radius 3 is 1.09 bits per heavy atom. The normalized spacial score (nSPS) is 12.3. The summed E-state index contributed by atoms with van der Waals surface area (Å²) in [4.78, 5) is 74.0. The molecule has 0 aliphatic heterocycles. The van der Waals surface area contributed by atoms with Crippen molar-refractivity contribution < 1.29 is 62.7 Å². The summed E-state index contributed by atoms with van der Waals surface area (Å²) < 4.78 is 28.1. The molecule has 0 saturated heterocycles. The minimum absolute atomic E-state index is 0.0232. The molecular weight excluding hydrogens is 1130 g/mol. The lowest BCUT2D eigenvalue weighted by atomic mass is 10.1. The number of aliphatic hydroxyl groups is 1. The fourth-order valence-electron chi connectivity index (χ4n) is 10.2. The number of esters is 5. The Hall–Kier alpha value is -6.34. The van der Waals surface area contributed by atoms with Gasteiger partial charge in [0.1, 0.15) is 46.1 Å². The van der Waals surface area contributed by atoms with E-state index in [1.807, 2.05) is 0 Å². The van der Waals surface area contributed by atoms with Crippen LogP contribution in [0.1, 0.15) is 316 Å². The van der Waals surface area contributed by atoms with Gasteiger partial charge in [0, 0.05) is 32.1 Å². The van der Waals surface area contributed by atoms with Gasteiger partial charge < -0.3 is 33.9 Å². The van der Waals surface area contributed by atoms with Crippen LogP contribution in [0.25, 0.3) is 0 Å². The van der Waals surface area contributed by atoms with E-state index in [1.54, 1.807) is 67.6 Å². The van der Waals surface area contributed by atoms with E-state index in [9.17, 15) is 39.0 Å². The number of carbonyl (C=O) groups is 6. The number of para-hydroxylation sites is 3. The number of aromatic carboxylic acids is 1. The zero-order valence-corrected chi connectivity index (χ0v) is 56.1. The van der Waals surface area contributed by atoms with E-state index in [0.717, 1.165) is 148 Å². The molecule has 13 nitrogen and oxygen atoms in total. The second-order valence-electron chi connectivity index (χ2n) is 23.8. The molecule has 3 atom stereocenters. The van der Waals surface area contributed by atoms with Crippen LogP contribution in [0.5, 0.6) is 17.2 Å². The van der Waals surface area contributed by atoms with Crippen LogP contribution >= 0.6 is 0 Å². The Balaban J connectivity index is 0.000000616. The SMILES string of the molecule is CCCCCCC(C/C=C\CCCCCCCC(=O)Oc1ccccc1C(=O)O)OC(=O)c1ccccc1OC(=O)CC.CCCCCCC/C=C\CC(CCCCCC)OC(=O)c1ccccc1OC(=O)CCCCCCC/C=C\CC(O)CCCCCC. The summed E-state index contributed by atoms with van der Waals surface area (Å²) in [6.45, 7) is 10.5. The van der Waals surface area contributed by atoms with Crippen LogP contribution in [-0.4, -0.2) is 64.3 Å². The van der Waals surface area contributed by atoms with Crippen molar-refractivity contribution in [3.63, 3.8) is 0 Å². The van der Waals surface area contributed by atoms with E-state index in [0.29, 0.717) is 31.2 Å². The molecule has 3 aromatic rings. The number of rotatable bonds is 52. The molecule has 3 unspecified atom stereocenters. The molecule has 0 heterocycles. The van der Waals surface area contributed by atoms with Crippen molar-refractivity contribution in [2.24, 2.45) is 0 Å². The molecule has 0 amide bonds. The van der Waals surface area contributed by atoms with Crippen LogP contribution < -0.4 is 14.2 Å². The fourth-order valence-corrected chi connectivity index (χ4v) is 10.2. The van der Waals surface area contributed by atoms with E-state index in [1.165, 1.54) is 76.3 Å². The van der Waals surface area contributed by atoms with Gasteiger partial charge in [-0.15, -0.1) is 0 Å². The van der Waals surface area contributed by atoms with E-state index < -0.39 is 29.8 Å². The zero-order valence-electron chi connectivity index (χ0n) is 56.1. The highest BCUT2D eigenvalue weighted by Crippen LogP contribution is 2.26. The largest absolute Gasteiger partial charge is 0.478 e. The fraction of sp³-hybridized carbons (Fsp3) is 0.610. The first-order valence-electron chi connectivity index (χ1n) is 35.0. The highest BCUT2D eigenvalue weighted by atomic mass is 16.6. The lowest BCUT2D eigenvalue weighted by Gasteiger charge is -2.18. The molecule has 3 aromatic carbocycles. The molecule has 3 rings (SSSR count). The number of allylic oxidation sites excluding steroid dienone is 3. The van der Waals surface area contributed by atoms with Gasteiger partial charge >= 0.3 is 35.8 Å². The average molecular weight is 1250 g/mol. The smallest absolute Gasteiger partial charge is 0.342 e. The van der Waals surface area contributed by atoms with Crippen LogP contribution in [0.2, 0.25) is 0 Å². The van der Waals surface area contributed by atoms with Gasteiger partial charge in [-0.05, 0) is 126 Å². The first-order valence-corrected chi connectivity index (χ1v) is 35.0. The molecule has 2 N–H and O–H groups in total. The summed E-state index contributed by atoms with van der Waals surface area (Å²) >= 11 is 0. The molecule has 0 fully saturated rings. The number of ether oxygens (including phenoxy) is 5. The van der Waals surface area contributed by atoms with Crippen molar-refractivity contribution in [1.82, 2.24) is 0 Å². The summed E-state index contributed by atoms with van der Waals surface area (Å²) in [5.41, 5.74) is 0.548. The maximum Gasteiger partial charge on any atom is 0.342 e. The van der Waals surface area contributed by atoms with E-state index in [-0.39, 0.29) is 65.5 Å². The van der Waals surface area contributed by atoms with Gasteiger partial charge in [0.25, 0.3) is 0 Å². The molecule has 502 valence electrons. The first kappa shape index (κ1) is 79.8. The van der Waals surface area contributed by atoms with Gasteiger partial charge in [0.2, 0.25) is 0 Å². The standard InChI is InChI=1S/C42H70O5.C35H46O8/c1-4-7-10-13-14-18-21-26-33-38(32-25-12-9-6-3)46-42(45)39-34-28-29-35-40(39)47-41(44)36-27-22-19-16-15-17-20-24-31-37(43)30-23-11-8-5-2;1-3-5-6-13-20-27(41-35(40)29-23-17-19-25-31(29)42-32(36)4-2)21-14-11-9-7-8-10-12-15-26-33(37)43-30-24-18-16-22-28(30)34(38)39/h20-21,24,26,28-29,34-35,37-38,43H,4-19,22-23,25,27,30-33,36H2,1-3H3;11,14,16-19,22-25,27H,3-10,12-13,15,20-21,26H2,1-2H3,(H,38,39)/b24-20-,26-21-;14-11-. The maximum absolute atomic E-state index is 13.3.